The van der Waals surface area contributed by atoms with Gasteiger partial charge >= 0.3 is 0 Å². The second kappa shape index (κ2) is 9.67. The largest absolute Gasteiger partial charge is 0.495 e. The summed E-state index contributed by atoms with van der Waals surface area (Å²) in [7, 11) is 1.49. The minimum Gasteiger partial charge on any atom is -0.495 e. The quantitative estimate of drug-likeness (QED) is 0.135. The van der Waals surface area contributed by atoms with E-state index in [2.05, 4.69) is 5.32 Å². The van der Waals surface area contributed by atoms with Crippen molar-refractivity contribution in [1.29, 1.82) is 0 Å². The molecule has 2 amide bonds. The molecule has 4 aromatic rings. The number of hydrogen-bond donors (Lipinski definition) is 1. The van der Waals surface area contributed by atoms with E-state index in [9.17, 15) is 19.7 Å². The van der Waals surface area contributed by atoms with Gasteiger partial charge in [-0.1, -0.05) is 42.5 Å². The van der Waals surface area contributed by atoms with Gasteiger partial charge in [0.25, 0.3) is 17.5 Å². The second-order valence-corrected chi connectivity index (χ2v) is 8.67. The van der Waals surface area contributed by atoms with E-state index >= 15 is 0 Å². The summed E-state index contributed by atoms with van der Waals surface area (Å²) in [6.45, 7) is 0.444. The summed E-state index contributed by atoms with van der Waals surface area (Å²) in [5, 5.41) is 14.4. The maximum Gasteiger partial charge on any atom is 0.270 e. The van der Waals surface area contributed by atoms with Crippen LogP contribution in [0.5, 0.6) is 5.75 Å². The lowest BCUT2D eigenvalue weighted by Crippen LogP contribution is -2.54. The normalized spacial score (nSPS) is 14.8. The number of nitro benzene ring substituents is 1. The van der Waals surface area contributed by atoms with Gasteiger partial charge in [0.05, 0.1) is 17.7 Å². The fourth-order valence-corrected chi connectivity index (χ4v) is 4.56. The Balaban J connectivity index is 1.55. The van der Waals surface area contributed by atoms with Gasteiger partial charge in [0, 0.05) is 41.3 Å². The van der Waals surface area contributed by atoms with Gasteiger partial charge in [-0.2, -0.15) is 0 Å². The number of methoxy groups -OCH3 is 1. The first-order valence-electron chi connectivity index (χ1n) is 11.2. The third kappa shape index (κ3) is 4.45. The molecule has 0 radical (unpaired) electrons. The molecule has 1 aliphatic rings. The van der Waals surface area contributed by atoms with E-state index in [1.807, 2.05) is 35.0 Å². The molecule has 9 nitrogen and oxygen atoms in total. The van der Waals surface area contributed by atoms with E-state index in [0.717, 1.165) is 16.5 Å². The fraction of sp³-hybridized carbons (Fsp3) is 0.0741. The molecule has 10 heteroatoms. The molecule has 0 atom stereocenters. The zero-order chi connectivity index (χ0) is 26.1. The van der Waals surface area contributed by atoms with Crippen molar-refractivity contribution in [2.45, 2.75) is 6.54 Å². The van der Waals surface area contributed by atoms with Crippen molar-refractivity contribution < 1.29 is 19.2 Å². The molecule has 0 bridgehead atoms. The van der Waals surface area contributed by atoms with Gasteiger partial charge in [-0.3, -0.25) is 25.0 Å². The van der Waals surface area contributed by atoms with Crippen molar-refractivity contribution in [2.24, 2.45) is 0 Å². The van der Waals surface area contributed by atoms with E-state index in [1.54, 1.807) is 42.5 Å². The summed E-state index contributed by atoms with van der Waals surface area (Å²) in [5.41, 5.74) is 2.79. The number of amides is 2. The molecule has 0 saturated carbocycles. The predicted molar refractivity (Wildman–Crippen MR) is 143 cm³/mol. The standard InChI is InChI=1S/C27H20N4O5S/c1-36-24-9-5-4-8-23(24)30-26(33)21(25(32)28-27(30)37)14-18-16-29(22-7-3-2-6-20(18)22)15-17-10-12-19(13-11-17)31(34)35/h2-14,16H,15H2,1H3,(H,28,32,37)/b21-14+. The van der Waals surface area contributed by atoms with Crippen molar-refractivity contribution in [2.75, 3.05) is 12.0 Å². The Morgan fingerprint density at radius 1 is 1.03 bits per heavy atom. The fourth-order valence-electron chi connectivity index (χ4n) is 4.29. The number of carbonyl (C=O) groups excluding carboxylic acids is 2. The van der Waals surface area contributed by atoms with Crippen LogP contribution in [0.2, 0.25) is 0 Å². The maximum atomic E-state index is 13.5. The lowest BCUT2D eigenvalue weighted by atomic mass is 10.1. The van der Waals surface area contributed by atoms with Crippen LogP contribution < -0.4 is 15.0 Å². The van der Waals surface area contributed by atoms with Crippen LogP contribution in [0.15, 0.2) is 84.6 Å². The zero-order valence-corrected chi connectivity index (χ0v) is 20.4. The van der Waals surface area contributed by atoms with Crippen LogP contribution in [0.25, 0.3) is 17.0 Å². The predicted octanol–water partition coefficient (Wildman–Crippen LogP) is 4.44. The van der Waals surface area contributed by atoms with Crippen molar-refractivity contribution in [3.63, 3.8) is 0 Å². The number of ether oxygens (including phenoxy) is 1. The first-order chi connectivity index (χ1) is 17.9. The average Bonchev–Trinajstić information content (AvgIpc) is 3.24. The first kappa shape index (κ1) is 23.9. The number of non-ortho nitro benzene ring substituents is 1. The highest BCUT2D eigenvalue weighted by Gasteiger charge is 2.36. The highest BCUT2D eigenvalue weighted by molar-refractivity contribution is 7.80. The Hall–Kier alpha value is -4.83. The summed E-state index contributed by atoms with van der Waals surface area (Å²) in [6.07, 6.45) is 3.40. The highest BCUT2D eigenvalue weighted by Crippen LogP contribution is 2.32. The molecule has 37 heavy (non-hydrogen) atoms. The Bertz CT molecular complexity index is 1610. The monoisotopic (exact) mass is 512 g/mol. The zero-order valence-electron chi connectivity index (χ0n) is 19.6. The number of carbonyl (C=O) groups is 2. The maximum absolute atomic E-state index is 13.5. The summed E-state index contributed by atoms with van der Waals surface area (Å²) >= 11 is 5.31. The summed E-state index contributed by atoms with van der Waals surface area (Å²) in [6, 6.07) is 20.9. The smallest absolute Gasteiger partial charge is 0.270 e. The molecule has 5 rings (SSSR count). The molecule has 0 spiro atoms. The molecule has 2 heterocycles. The highest BCUT2D eigenvalue weighted by atomic mass is 32.1. The number of anilines is 1. The van der Waals surface area contributed by atoms with Crippen LogP contribution in [0.3, 0.4) is 0 Å². The van der Waals surface area contributed by atoms with E-state index in [-0.39, 0.29) is 16.4 Å². The minimum absolute atomic E-state index is 0.0193. The Labute approximate surface area is 216 Å². The minimum atomic E-state index is -0.589. The molecule has 1 fully saturated rings. The van der Waals surface area contributed by atoms with Gasteiger partial charge in [-0.15, -0.1) is 0 Å². The lowest BCUT2D eigenvalue weighted by molar-refractivity contribution is -0.384. The van der Waals surface area contributed by atoms with Crippen LogP contribution in [0.1, 0.15) is 11.1 Å². The SMILES string of the molecule is COc1ccccc1N1C(=O)/C(=C/c2cn(Cc3ccc([N+](=O)[O-])cc3)c3ccccc23)C(=O)NC1=S. The molecule has 1 N–H and O–H groups in total. The average molecular weight is 513 g/mol. The van der Waals surface area contributed by atoms with Crippen LogP contribution in [0.4, 0.5) is 11.4 Å². The van der Waals surface area contributed by atoms with Crippen LogP contribution >= 0.6 is 12.2 Å². The second-order valence-electron chi connectivity index (χ2n) is 8.28. The number of rotatable bonds is 6. The van der Waals surface area contributed by atoms with Gasteiger partial charge in [-0.05, 0) is 42.1 Å². The Morgan fingerprint density at radius 3 is 2.46 bits per heavy atom. The summed E-state index contributed by atoms with van der Waals surface area (Å²) < 4.78 is 7.36. The number of nitro groups is 1. The molecular weight excluding hydrogens is 492 g/mol. The number of nitrogens with one attached hydrogen (secondary N) is 1. The number of hydrogen-bond acceptors (Lipinski definition) is 6. The molecule has 1 aliphatic heterocycles. The number of benzene rings is 3. The van der Waals surface area contributed by atoms with Gasteiger partial charge in [-0.25, -0.2) is 4.90 Å². The Morgan fingerprint density at radius 2 is 1.73 bits per heavy atom. The molecule has 1 aromatic heterocycles. The summed E-state index contributed by atoms with van der Waals surface area (Å²) in [5.74, 6) is -0.716. The molecular formula is C27H20N4O5S. The molecule has 1 saturated heterocycles. The van der Waals surface area contributed by atoms with Crippen molar-refractivity contribution in [1.82, 2.24) is 9.88 Å². The third-order valence-corrected chi connectivity index (χ3v) is 6.33. The van der Waals surface area contributed by atoms with Crippen LogP contribution in [0, 0.1) is 10.1 Å². The lowest BCUT2D eigenvalue weighted by Gasteiger charge is -2.29. The molecule has 0 unspecified atom stereocenters. The number of thiocarbonyl (C=S) groups is 1. The number of fused-ring (bicyclic) bond motifs is 1. The number of para-hydroxylation sites is 3. The Kier molecular flexibility index (Phi) is 6.24. The third-order valence-electron chi connectivity index (χ3n) is 6.05. The summed E-state index contributed by atoms with van der Waals surface area (Å²) in [4.78, 5) is 38.2. The van der Waals surface area contributed by atoms with Crippen LogP contribution in [-0.4, -0.2) is 33.5 Å². The molecule has 184 valence electrons. The van der Waals surface area contributed by atoms with E-state index in [1.165, 1.54) is 24.1 Å². The number of aromatic nitrogens is 1. The van der Waals surface area contributed by atoms with Crippen molar-refractivity contribution in [3.8, 4) is 5.75 Å². The topological polar surface area (TPSA) is 107 Å². The van der Waals surface area contributed by atoms with E-state index in [0.29, 0.717) is 23.5 Å². The van der Waals surface area contributed by atoms with Gasteiger partial charge in [0.15, 0.2) is 5.11 Å². The first-order valence-corrected chi connectivity index (χ1v) is 11.6. The molecule has 0 aliphatic carbocycles. The molecule has 3 aromatic carbocycles. The number of nitrogens with zero attached hydrogens (tertiary/aromatic N) is 3. The van der Waals surface area contributed by atoms with E-state index in [4.69, 9.17) is 17.0 Å². The van der Waals surface area contributed by atoms with Crippen LogP contribution in [-0.2, 0) is 16.1 Å². The van der Waals surface area contributed by atoms with Gasteiger partial charge < -0.3 is 9.30 Å². The van der Waals surface area contributed by atoms with Gasteiger partial charge in [0.2, 0.25) is 0 Å². The van der Waals surface area contributed by atoms with Gasteiger partial charge in [0.1, 0.15) is 11.3 Å². The van der Waals surface area contributed by atoms with E-state index < -0.39 is 16.7 Å². The van der Waals surface area contributed by atoms with Crippen molar-refractivity contribution >= 4 is 57.5 Å². The van der Waals surface area contributed by atoms with Crippen molar-refractivity contribution in [3.05, 3.63) is 106 Å².